The maximum atomic E-state index is 6.57. The van der Waals surface area contributed by atoms with Crippen LogP contribution in [-0.2, 0) is 0 Å². The lowest BCUT2D eigenvalue weighted by molar-refractivity contribution is 0.171. The molecule has 0 aromatic rings. The summed E-state index contributed by atoms with van der Waals surface area (Å²) >= 11 is 0. The monoisotopic (exact) mass is 225 g/mol. The zero-order valence-electron chi connectivity index (χ0n) is 11.6. The summed E-state index contributed by atoms with van der Waals surface area (Å²) in [5.74, 6) is 1.70. The Bertz CT molecular complexity index is 188. The van der Waals surface area contributed by atoms with E-state index in [1.54, 1.807) is 0 Å². The first-order valence-corrected chi connectivity index (χ1v) is 7.36. The van der Waals surface area contributed by atoms with Gasteiger partial charge in [0.05, 0.1) is 0 Å². The summed E-state index contributed by atoms with van der Waals surface area (Å²) < 4.78 is 0. The Morgan fingerprint density at radius 2 is 2.00 bits per heavy atom. The maximum absolute atomic E-state index is 6.57. The molecule has 0 aromatic carbocycles. The van der Waals surface area contributed by atoms with Crippen molar-refractivity contribution >= 4 is 0 Å². The van der Waals surface area contributed by atoms with Crippen LogP contribution < -0.4 is 5.73 Å². The van der Waals surface area contributed by atoms with Gasteiger partial charge in [0.1, 0.15) is 0 Å². The van der Waals surface area contributed by atoms with E-state index in [1.807, 2.05) is 0 Å². The number of nitrogens with two attached hydrogens (primary N) is 1. The molecule has 1 saturated carbocycles. The summed E-state index contributed by atoms with van der Waals surface area (Å²) in [4.78, 5) is 0. The first-order valence-electron chi connectivity index (χ1n) is 7.36. The average molecular weight is 225 g/mol. The van der Waals surface area contributed by atoms with Crippen LogP contribution in [-0.4, -0.2) is 5.54 Å². The fourth-order valence-electron chi connectivity index (χ4n) is 3.14. The third kappa shape index (κ3) is 4.45. The number of rotatable bonds is 6. The second-order valence-corrected chi connectivity index (χ2v) is 6.27. The fraction of sp³-hybridized carbons (Fsp3) is 1.00. The molecule has 0 spiro atoms. The molecule has 1 nitrogen and oxygen atoms in total. The Balaban J connectivity index is 2.31. The molecule has 1 rings (SSSR count). The van der Waals surface area contributed by atoms with Gasteiger partial charge in [0.25, 0.3) is 0 Å². The maximum Gasteiger partial charge on any atom is 0.0157 e. The summed E-state index contributed by atoms with van der Waals surface area (Å²) in [7, 11) is 0. The Labute approximate surface area is 102 Å². The van der Waals surface area contributed by atoms with Gasteiger partial charge in [0.2, 0.25) is 0 Å². The first-order chi connectivity index (χ1) is 7.57. The van der Waals surface area contributed by atoms with Gasteiger partial charge in [-0.3, -0.25) is 0 Å². The molecule has 16 heavy (non-hydrogen) atoms. The van der Waals surface area contributed by atoms with E-state index in [0.29, 0.717) is 0 Å². The number of unbranched alkanes of at least 4 members (excludes halogenated alkanes) is 3. The van der Waals surface area contributed by atoms with Gasteiger partial charge in [-0.05, 0) is 31.1 Å². The highest BCUT2D eigenvalue weighted by Gasteiger charge is 2.33. The zero-order chi connectivity index (χ0) is 12.0. The molecule has 0 saturated heterocycles. The van der Waals surface area contributed by atoms with Crippen molar-refractivity contribution in [3.63, 3.8) is 0 Å². The molecule has 96 valence electrons. The lowest BCUT2D eigenvalue weighted by atomic mass is 9.70. The predicted molar refractivity (Wildman–Crippen MR) is 72.5 cm³/mol. The molecule has 0 aromatic heterocycles. The number of hydrogen-bond acceptors (Lipinski definition) is 1. The summed E-state index contributed by atoms with van der Waals surface area (Å²) in [5, 5.41) is 0. The molecular formula is C15H31N. The van der Waals surface area contributed by atoms with Gasteiger partial charge < -0.3 is 5.73 Å². The molecule has 2 atom stereocenters. The Morgan fingerprint density at radius 1 is 1.25 bits per heavy atom. The first kappa shape index (κ1) is 14.0. The zero-order valence-corrected chi connectivity index (χ0v) is 11.6. The van der Waals surface area contributed by atoms with Crippen molar-refractivity contribution in [1.29, 1.82) is 0 Å². The predicted octanol–water partition coefficient (Wildman–Crippen LogP) is 4.50. The van der Waals surface area contributed by atoms with Crippen LogP contribution >= 0.6 is 0 Å². The molecule has 1 aliphatic carbocycles. The van der Waals surface area contributed by atoms with E-state index in [9.17, 15) is 0 Å². The van der Waals surface area contributed by atoms with Crippen LogP contribution in [0.5, 0.6) is 0 Å². The van der Waals surface area contributed by atoms with Gasteiger partial charge in [-0.15, -0.1) is 0 Å². The normalized spacial score (nSPS) is 30.9. The van der Waals surface area contributed by atoms with Crippen LogP contribution in [0.3, 0.4) is 0 Å². The van der Waals surface area contributed by atoms with Crippen molar-refractivity contribution < 1.29 is 0 Å². The van der Waals surface area contributed by atoms with Crippen molar-refractivity contribution in [2.75, 3.05) is 0 Å². The SMILES string of the molecule is CCCCCCC1(N)CCCC(C(C)C)C1. The standard InChI is InChI=1S/C15H31N/c1-4-5-6-7-10-15(16)11-8-9-14(12-15)13(2)3/h13-14H,4-12,16H2,1-3H3. The van der Waals surface area contributed by atoms with Crippen molar-refractivity contribution in [2.24, 2.45) is 17.6 Å². The van der Waals surface area contributed by atoms with Crippen LogP contribution in [0.15, 0.2) is 0 Å². The topological polar surface area (TPSA) is 26.0 Å². The van der Waals surface area contributed by atoms with Crippen molar-refractivity contribution in [3.05, 3.63) is 0 Å². The van der Waals surface area contributed by atoms with E-state index in [4.69, 9.17) is 5.73 Å². The molecular weight excluding hydrogens is 194 g/mol. The fourth-order valence-corrected chi connectivity index (χ4v) is 3.14. The lowest BCUT2D eigenvalue weighted by Crippen LogP contribution is -2.45. The van der Waals surface area contributed by atoms with Gasteiger partial charge in [-0.2, -0.15) is 0 Å². The van der Waals surface area contributed by atoms with E-state index in [2.05, 4.69) is 20.8 Å². The lowest BCUT2D eigenvalue weighted by Gasteiger charge is -2.40. The molecule has 2 N–H and O–H groups in total. The van der Waals surface area contributed by atoms with Crippen LogP contribution in [0.1, 0.15) is 78.6 Å². The smallest absolute Gasteiger partial charge is 0.0157 e. The third-order valence-electron chi connectivity index (χ3n) is 4.39. The average Bonchev–Trinajstić information content (AvgIpc) is 2.24. The van der Waals surface area contributed by atoms with Gasteiger partial charge in [-0.1, -0.05) is 59.3 Å². The molecule has 0 aliphatic heterocycles. The van der Waals surface area contributed by atoms with Crippen LogP contribution in [0, 0.1) is 11.8 Å². The van der Waals surface area contributed by atoms with E-state index in [1.165, 1.54) is 57.8 Å². The summed E-state index contributed by atoms with van der Waals surface area (Å²) in [6.45, 7) is 6.98. The Kier molecular flexibility index (Phi) is 5.82. The molecule has 2 unspecified atom stereocenters. The quantitative estimate of drug-likeness (QED) is 0.662. The van der Waals surface area contributed by atoms with Crippen LogP contribution in [0.25, 0.3) is 0 Å². The Morgan fingerprint density at radius 3 is 2.62 bits per heavy atom. The van der Waals surface area contributed by atoms with Crippen LogP contribution in [0.4, 0.5) is 0 Å². The molecule has 1 fully saturated rings. The van der Waals surface area contributed by atoms with Crippen molar-refractivity contribution in [3.8, 4) is 0 Å². The van der Waals surface area contributed by atoms with E-state index in [-0.39, 0.29) is 5.54 Å². The molecule has 1 heteroatoms. The largest absolute Gasteiger partial charge is 0.325 e. The van der Waals surface area contributed by atoms with Crippen molar-refractivity contribution in [2.45, 2.75) is 84.1 Å². The Hall–Kier alpha value is -0.0400. The van der Waals surface area contributed by atoms with Gasteiger partial charge in [0.15, 0.2) is 0 Å². The van der Waals surface area contributed by atoms with Gasteiger partial charge >= 0.3 is 0 Å². The summed E-state index contributed by atoms with van der Waals surface area (Å²) in [5.41, 5.74) is 6.75. The highest BCUT2D eigenvalue weighted by Crippen LogP contribution is 2.37. The highest BCUT2D eigenvalue weighted by atomic mass is 14.7. The molecule has 0 bridgehead atoms. The van der Waals surface area contributed by atoms with Crippen molar-refractivity contribution in [1.82, 2.24) is 0 Å². The third-order valence-corrected chi connectivity index (χ3v) is 4.39. The second kappa shape index (κ2) is 6.64. The minimum atomic E-state index is 0.181. The van der Waals surface area contributed by atoms with Crippen LogP contribution in [0.2, 0.25) is 0 Å². The van der Waals surface area contributed by atoms with E-state index < -0.39 is 0 Å². The number of hydrogen-bond donors (Lipinski definition) is 1. The molecule has 0 amide bonds. The van der Waals surface area contributed by atoms with Gasteiger partial charge in [0, 0.05) is 5.54 Å². The summed E-state index contributed by atoms with van der Waals surface area (Å²) in [6.07, 6.45) is 12.0. The van der Waals surface area contributed by atoms with E-state index in [0.717, 1.165) is 11.8 Å². The molecule has 1 aliphatic rings. The second-order valence-electron chi connectivity index (χ2n) is 6.27. The summed E-state index contributed by atoms with van der Waals surface area (Å²) in [6, 6.07) is 0. The van der Waals surface area contributed by atoms with E-state index >= 15 is 0 Å². The minimum Gasteiger partial charge on any atom is -0.325 e. The molecule has 0 heterocycles. The van der Waals surface area contributed by atoms with Gasteiger partial charge in [-0.25, -0.2) is 0 Å². The molecule has 0 radical (unpaired) electrons. The minimum absolute atomic E-state index is 0.181. The highest BCUT2D eigenvalue weighted by molar-refractivity contribution is 4.91.